The molecule has 0 aromatic heterocycles. The minimum absolute atomic E-state index is 0.718. The van der Waals surface area contributed by atoms with Crippen molar-refractivity contribution in [2.75, 3.05) is 26.9 Å². The van der Waals surface area contributed by atoms with Crippen LogP contribution in [0.25, 0.3) is 0 Å². The van der Waals surface area contributed by atoms with Gasteiger partial charge in [-0.3, -0.25) is 0 Å². The maximum Gasteiger partial charge on any atom is 0.133 e. The van der Waals surface area contributed by atoms with E-state index in [-0.39, 0.29) is 0 Å². The average molecular weight is 328 g/mol. The number of methoxy groups -OCH3 is 1. The summed E-state index contributed by atoms with van der Waals surface area (Å²) in [5, 5.41) is 3.31. The Hall–Kier alpha value is -0.840. The fourth-order valence-electron chi connectivity index (χ4n) is 1.59. The van der Waals surface area contributed by atoms with E-state index in [1.54, 1.807) is 7.11 Å². The van der Waals surface area contributed by atoms with Gasteiger partial charge in [0.2, 0.25) is 0 Å². The molecule has 0 bridgehead atoms. The number of unbranched alkanes of at least 4 members (excludes halogenated alkanes) is 1. The second-order valence-corrected chi connectivity index (χ2v) is 5.07. The molecule has 1 aromatic rings. The van der Waals surface area contributed by atoms with E-state index in [0.29, 0.717) is 0 Å². The van der Waals surface area contributed by atoms with Crippen LogP contribution in [0, 0.1) is 0 Å². The predicted octanol–water partition coefficient (Wildman–Crippen LogP) is 3.53. The first-order valence-corrected chi connectivity index (χ1v) is 7.29. The summed E-state index contributed by atoms with van der Waals surface area (Å²) in [5.74, 6) is 0.893. The first kappa shape index (κ1) is 16.2. The number of benzene rings is 1. The van der Waals surface area contributed by atoms with E-state index in [4.69, 9.17) is 9.47 Å². The van der Waals surface area contributed by atoms with Crippen LogP contribution in [0.15, 0.2) is 35.3 Å². The molecule has 0 heterocycles. The van der Waals surface area contributed by atoms with E-state index in [1.807, 2.05) is 12.1 Å². The third kappa shape index (κ3) is 6.76. The SMILES string of the molecule is C=CCCCOc1ccc(CNCCOC)cc1Br. The van der Waals surface area contributed by atoms with Gasteiger partial charge >= 0.3 is 0 Å². The molecular formula is C15H22BrNO2. The zero-order valence-corrected chi connectivity index (χ0v) is 13.0. The number of hydrogen-bond acceptors (Lipinski definition) is 3. The Morgan fingerprint density at radius 3 is 2.89 bits per heavy atom. The standard InChI is InChI=1S/C15H22BrNO2/c1-3-4-5-9-19-15-7-6-13(11-14(15)16)12-17-8-10-18-2/h3,6-7,11,17H,1,4-5,8-10,12H2,2H3. The van der Waals surface area contributed by atoms with Gasteiger partial charge in [-0.1, -0.05) is 12.1 Å². The lowest BCUT2D eigenvalue weighted by Crippen LogP contribution is -2.18. The summed E-state index contributed by atoms with van der Waals surface area (Å²) >= 11 is 3.54. The summed E-state index contributed by atoms with van der Waals surface area (Å²) in [7, 11) is 1.71. The highest BCUT2D eigenvalue weighted by Crippen LogP contribution is 2.26. The maximum absolute atomic E-state index is 5.70. The van der Waals surface area contributed by atoms with Crippen LogP contribution in [-0.4, -0.2) is 26.9 Å². The molecule has 0 radical (unpaired) electrons. The third-order valence-electron chi connectivity index (χ3n) is 2.62. The molecule has 3 nitrogen and oxygen atoms in total. The lowest BCUT2D eigenvalue weighted by Gasteiger charge is -2.10. The summed E-state index contributed by atoms with van der Waals surface area (Å²) in [6, 6.07) is 6.17. The fourth-order valence-corrected chi connectivity index (χ4v) is 2.13. The van der Waals surface area contributed by atoms with E-state index in [0.717, 1.165) is 49.4 Å². The van der Waals surface area contributed by atoms with Crippen LogP contribution in [-0.2, 0) is 11.3 Å². The molecule has 0 spiro atoms. The van der Waals surface area contributed by atoms with Gasteiger partial charge in [0.15, 0.2) is 0 Å². The largest absolute Gasteiger partial charge is 0.492 e. The molecule has 19 heavy (non-hydrogen) atoms. The maximum atomic E-state index is 5.70. The number of halogens is 1. The molecule has 106 valence electrons. The minimum Gasteiger partial charge on any atom is -0.492 e. The van der Waals surface area contributed by atoms with Gasteiger partial charge in [0.25, 0.3) is 0 Å². The predicted molar refractivity (Wildman–Crippen MR) is 82.7 cm³/mol. The lowest BCUT2D eigenvalue weighted by molar-refractivity contribution is 0.199. The van der Waals surface area contributed by atoms with Gasteiger partial charge in [0.05, 0.1) is 17.7 Å². The molecule has 0 amide bonds. The molecule has 0 fully saturated rings. The summed E-state index contributed by atoms with van der Waals surface area (Å²) in [6.07, 6.45) is 3.89. The average Bonchev–Trinajstić information content (AvgIpc) is 2.42. The number of hydrogen-bond donors (Lipinski definition) is 1. The second-order valence-electron chi connectivity index (χ2n) is 4.21. The molecule has 1 N–H and O–H groups in total. The van der Waals surface area contributed by atoms with Crippen molar-refractivity contribution >= 4 is 15.9 Å². The van der Waals surface area contributed by atoms with Crippen LogP contribution in [0.4, 0.5) is 0 Å². The molecule has 0 atom stereocenters. The molecule has 0 saturated carbocycles. The van der Waals surface area contributed by atoms with Gasteiger partial charge in [0, 0.05) is 20.2 Å². The summed E-state index contributed by atoms with van der Waals surface area (Å²) in [4.78, 5) is 0. The third-order valence-corrected chi connectivity index (χ3v) is 3.24. The molecule has 0 aliphatic carbocycles. The highest BCUT2D eigenvalue weighted by Gasteiger charge is 2.02. The number of nitrogens with one attached hydrogen (secondary N) is 1. The quantitative estimate of drug-likeness (QED) is 0.526. The summed E-state index contributed by atoms with van der Waals surface area (Å²) in [6.45, 7) is 6.83. The number of allylic oxidation sites excluding steroid dienone is 1. The Labute approximate surface area is 124 Å². The van der Waals surface area contributed by atoms with Crippen LogP contribution < -0.4 is 10.1 Å². The van der Waals surface area contributed by atoms with Gasteiger partial charge in [0.1, 0.15) is 5.75 Å². The summed E-state index contributed by atoms with van der Waals surface area (Å²) in [5.41, 5.74) is 1.22. The van der Waals surface area contributed by atoms with Gasteiger partial charge in [-0.2, -0.15) is 0 Å². The molecule has 1 rings (SSSR count). The minimum atomic E-state index is 0.718. The molecule has 0 saturated heterocycles. The van der Waals surface area contributed by atoms with Crippen molar-refractivity contribution in [2.45, 2.75) is 19.4 Å². The van der Waals surface area contributed by atoms with Crippen molar-refractivity contribution in [2.24, 2.45) is 0 Å². The van der Waals surface area contributed by atoms with E-state index >= 15 is 0 Å². The Balaban J connectivity index is 2.38. The van der Waals surface area contributed by atoms with Crippen LogP contribution in [0.2, 0.25) is 0 Å². The first-order chi connectivity index (χ1) is 9.27. The van der Waals surface area contributed by atoms with Crippen molar-refractivity contribution in [3.63, 3.8) is 0 Å². The number of rotatable bonds is 10. The van der Waals surface area contributed by atoms with Crippen LogP contribution >= 0.6 is 15.9 Å². The zero-order chi connectivity index (χ0) is 13.9. The monoisotopic (exact) mass is 327 g/mol. The fraction of sp³-hybridized carbons (Fsp3) is 0.467. The molecule has 0 aliphatic heterocycles. The smallest absolute Gasteiger partial charge is 0.133 e. The van der Waals surface area contributed by atoms with E-state index in [9.17, 15) is 0 Å². The topological polar surface area (TPSA) is 30.5 Å². The van der Waals surface area contributed by atoms with Crippen LogP contribution in [0.1, 0.15) is 18.4 Å². The highest BCUT2D eigenvalue weighted by atomic mass is 79.9. The molecule has 1 aromatic carbocycles. The van der Waals surface area contributed by atoms with Gasteiger partial charge in [-0.15, -0.1) is 6.58 Å². The van der Waals surface area contributed by atoms with Crippen molar-refractivity contribution in [1.82, 2.24) is 5.32 Å². The normalized spacial score (nSPS) is 10.4. The van der Waals surface area contributed by atoms with E-state index < -0.39 is 0 Å². The highest BCUT2D eigenvalue weighted by molar-refractivity contribution is 9.10. The molecule has 0 aliphatic rings. The van der Waals surface area contributed by atoms with Crippen LogP contribution in [0.3, 0.4) is 0 Å². The molecule has 4 heteroatoms. The Morgan fingerprint density at radius 2 is 2.21 bits per heavy atom. The first-order valence-electron chi connectivity index (χ1n) is 6.49. The van der Waals surface area contributed by atoms with Gasteiger partial charge < -0.3 is 14.8 Å². The van der Waals surface area contributed by atoms with Crippen LogP contribution in [0.5, 0.6) is 5.75 Å². The zero-order valence-electron chi connectivity index (χ0n) is 11.5. The second kappa shape index (κ2) is 10.0. The Morgan fingerprint density at radius 1 is 1.37 bits per heavy atom. The lowest BCUT2D eigenvalue weighted by atomic mass is 10.2. The van der Waals surface area contributed by atoms with Gasteiger partial charge in [-0.25, -0.2) is 0 Å². The summed E-state index contributed by atoms with van der Waals surface area (Å²) < 4.78 is 11.7. The Kier molecular flexibility index (Phi) is 8.54. The number of ether oxygens (including phenoxy) is 2. The van der Waals surface area contributed by atoms with E-state index in [1.165, 1.54) is 5.56 Å². The van der Waals surface area contributed by atoms with Crippen molar-refractivity contribution < 1.29 is 9.47 Å². The van der Waals surface area contributed by atoms with E-state index in [2.05, 4.69) is 40.0 Å². The molecule has 0 unspecified atom stereocenters. The van der Waals surface area contributed by atoms with Crippen molar-refractivity contribution in [1.29, 1.82) is 0 Å². The van der Waals surface area contributed by atoms with Gasteiger partial charge in [-0.05, 0) is 46.5 Å². The van der Waals surface area contributed by atoms with Crippen molar-refractivity contribution in [3.8, 4) is 5.75 Å². The van der Waals surface area contributed by atoms with Crippen molar-refractivity contribution in [3.05, 3.63) is 40.9 Å². The molecular weight excluding hydrogens is 306 g/mol. The Bertz CT molecular complexity index is 382.